The van der Waals surface area contributed by atoms with Gasteiger partial charge in [0.15, 0.2) is 17.7 Å². The Kier molecular flexibility index (Phi) is 4.06. The van der Waals surface area contributed by atoms with E-state index in [0.717, 1.165) is 0 Å². The molecule has 1 aliphatic heterocycles. The topological polar surface area (TPSA) is 186 Å². The molecule has 6 N–H and O–H groups in total. The Labute approximate surface area is 128 Å². The molecule has 0 spiro atoms. The molecule has 126 valence electrons. The second-order valence-corrected chi connectivity index (χ2v) is 6.15. The molecule has 0 bridgehead atoms. The van der Waals surface area contributed by atoms with E-state index in [1.807, 2.05) is 0 Å². The zero-order valence-electron chi connectivity index (χ0n) is 11.5. The fourth-order valence-corrected chi connectivity index (χ4v) is 2.70. The molecule has 23 heavy (non-hydrogen) atoms. The summed E-state index contributed by atoms with van der Waals surface area (Å²) in [5, 5.41) is 20.1. The number of anilines is 1. The number of hydrogen-bond acceptors (Lipinski definition) is 9. The van der Waals surface area contributed by atoms with Gasteiger partial charge in [-0.05, 0) is 0 Å². The lowest BCUT2D eigenvalue weighted by Gasteiger charge is -2.17. The first-order chi connectivity index (χ1) is 10.8. The maximum atomic E-state index is 10.7. The van der Waals surface area contributed by atoms with Crippen molar-refractivity contribution in [1.82, 2.24) is 19.5 Å². The van der Waals surface area contributed by atoms with E-state index >= 15 is 0 Å². The molecule has 0 unspecified atom stereocenters. The van der Waals surface area contributed by atoms with Crippen LogP contribution in [0.1, 0.15) is 6.23 Å². The number of hydrogen-bond donors (Lipinski definition) is 5. The molecule has 13 heteroatoms. The van der Waals surface area contributed by atoms with Gasteiger partial charge in [-0.15, -0.1) is 0 Å². The molecule has 12 nitrogen and oxygen atoms in total. The van der Waals surface area contributed by atoms with Crippen molar-refractivity contribution in [3.63, 3.8) is 0 Å². The van der Waals surface area contributed by atoms with E-state index in [4.69, 9.17) is 20.3 Å². The monoisotopic (exact) mass is 347 g/mol. The fraction of sp³-hybridized carbons (Fsp3) is 0.500. The second kappa shape index (κ2) is 5.76. The van der Waals surface area contributed by atoms with E-state index in [2.05, 4.69) is 19.5 Å². The Balaban J connectivity index is 1.87. The molecule has 0 saturated carbocycles. The Morgan fingerprint density at radius 1 is 1.30 bits per heavy atom. The maximum absolute atomic E-state index is 10.7. The molecule has 4 atom stereocenters. The molecular weight excluding hydrogens is 333 g/mol. The van der Waals surface area contributed by atoms with Crippen molar-refractivity contribution in [1.29, 1.82) is 0 Å². The smallest absolute Gasteiger partial charge is 0.387 e. The van der Waals surface area contributed by atoms with E-state index in [1.54, 1.807) is 0 Å². The molecule has 3 rings (SSSR count). The molecule has 0 radical (unpaired) electrons. The first-order valence-corrected chi connectivity index (χ1v) is 7.95. The lowest BCUT2D eigenvalue weighted by atomic mass is 10.1. The number of aliphatic hydroxyl groups is 2. The summed E-state index contributed by atoms with van der Waals surface area (Å²) in [6.45, 7) is -0.600. The van der Waals surface area contributed by atoms with Crippen molar-refractivity contribution in [2.24, 2.45) is 0 Å². The van der Waals surface area contributed by atoms with Crippen LogP contribution in [0.4, 0.5) is 5.82 Å². The zero-order valence-corrected chi connectivity index (χ0v) is 12.4. The number of nitrogen functional groups attached to an aromatic ring is 1. The average Bonchev–Trinajstić information content (AvgIpc) is 3.01. The Hall–Kier alpha value is -1.66. The number of aliphatic hydroxyl groups excluding tert-OH is 2. The van der Waals surface area contributed by atoms with Crippen molar-refractivity contribution in [2.75, 3.05) is 12.3 Å². The third-order valence-electron chi connectivity index (χ3n) is 3.41. The molecule has 1 saturated heterocycles. The number of aromatic nitrogens is 4. The molecular formula is C10H14N5O7P. The zero-order chi connectivity index (χ0) is 16.8. The number of rotatable bonds is 4. The highest BCUT2D eigenvalue weighted by Crippen LogP contribution is 2.39. The summed E-state index contributed by atoms with van der Waals surface area (Å²) in [5.74, 6) is 0.104. The summed E-state index contributed by atoms with van der Waals surface area (Å²) in [7, 11) is -4.72. The molecule has 0 aliphatic carbocycles. The number of ether oxygens (including phenoxy) is 1. The number of imidazole rings is 1. The van der Waals surface area contributed by atoms with Crippen molar-refractivity contribution in [3.05, 3.63) is 12.7 Å². The van der Waals surface area contributed by atoms with Crippen LogP contribution in [0.25, 0.3) is 11.2 Å². The fourth-order valence-electron chi connectivity index (χ4n) is 2.36. The van der Waals surface area contributed by atoms with Gasteiger partial charge in [0.2, 0.25) is 0 Å². The molecule has 3 heterocycles. The van der Waals surface area contributed by atoms with Crippen molar-refractivity contribution in [2.45, 2.75) is 24.5 Å². The van der Waals surface area contributed by atoms with Crippen LogP contribution in [0.3, 0.4) is 0 Å². The predicted octanol–water partition coefficient (Wildman–Crippen LogP) is -1.86. The molecule has 0 amide bonds. The SMILES string of the molecule is Nc1ncnc2ncn([C@@H]3O[C@@H](COP(=O)(O)O)[C@H](O)[C@H]3O)c12. The van der Waals surface area contributed by atoms with Crippen LogP contribution in [0.5, 0.6) is 0 Å². The van der Waals surface area contributed by atoms with E-state index in [0.29, 0.717) is 5.52 Å². The third kappa shape index (κ3) is 3.05. The normalized spacial score (nSPS) is 28.5. The summed E-state index contributed by atoms with van der Waals surface area (Å²) in [6, 6.07) is 0. The van der Waals surface area contributed by atoms with Crippen molar-refractivity contribution < 1.29 is 33.8 Å². The van der Waals surface area contributed by atoms with Crippen LogP contribution in [-0.4, -0.2) is 64.4 Å². The van der Waals surface area contributed by atoms with Crippen LogP contribution >= 0.6 is 7.82 Å². The van der Waals surface area contributed by atoms with E-state index in [1.165, 1.54) is 17.2 Å². The number of nitrogens with zero attached hydrogens (tertiary/aromatic N) is 4. The average molecular weight is 347 g/mol. The highest BCUT2D eigenvalue weighted by Gasteiger charge is 2.45. The van der Waals surface area contributed by atoms with Gasteiger partial charge in [-0.25, -0.2) is 19.5 Å². The van der Waals surface area contributed by atoms with Gasteiger partial charge in [0.1, 0.15) is 36.5 Å². The third-order valence-corrected chi connectivity index (χ3v) is 3.90. The predicted molar refractivity (Wildman–Crippen MR) is 73.7 cm³/mol. The van der Waals surface area contributed by atoms with Crippen LogP contribution in [-0.2, 0) is 13.8 Å². The minimum absolute atomic E-state index is 0.104. The van der Waals surface area contributed by atoms with Gasteiger partial charge in [0.05, 0.1) is 6.61 Å². The van der Waals surface area contributed by atoms with Crippen LogP contribution in [0.15, 0.2) is 12.7 Å². The van der Waals surface area contributed by atoms with Gasteiger partial charge in [-0.2, -0.15) is 0 Å². The van der Waals surface area contributed by atoms with Gasteiger partial charge in [-0.3, -0.25) is 9.09 Å². The lowest BCUT2D eigenvalue weighted by molar-refractivity contribution is -0.0501. The summed E-state index contributed by atoms with van der Waals surface area (Å²) < 4.78 is 21.8. The number of fused-ring (bicyclic) bond motifs is 1. The van der Waals surface area contributed by atoms with Gasteiger partial charge in [0, 0.05) is 0 Å². The molecule has 2 aromatic rings. The van der Waals surface area contributed by atoms with E-state index in [-0.39, 0.29) is 11.5 Å². The van der Waals surface area contributed by atoms with Crippen LogP contribution in [0, 0.1) is 0 Å². The number of phosphoric acid groups is 1. The Bertz CT molecular complexity index is 763. The van der Waals surface area contributed by atoms with Crippen LogP contribution < -0.4 is 5.73 Å². The Morgan fingerprint density at radius 2 is 2.04 bits per heavy atom. The lowest BCUT2D eigenvalue weighted by Crippen LogP contribution is -2.33. The molecule has 1 aliphatic rings. The summed E-state index contributed by atoms with van der Waals surface area (Å²) in [6.07, 6.45) is -2.51. The van der Waals surface area contributed by atoms with Crippen molar-refractivity contribution >= 4 is 24.8 Å². The highest BCUT2D eigenvalue weighted by atomic mass is 31.2. The summed E-state index contributed by atoms with van der Waals surface area (Å²) in [4.78, 5) is 29.1. The van der Waals surface area contributed by atoms with Gasteiger partial charge >= 0.3 is 7.82 Å². The molecule has 0 aromatic carbocycles. The standard InChI is InChI=1S/C10H14N5O7P/c11-8-5-9(13-2-12-8)14-3-15(5)10-7(17)6(16)4(22-10)1-21-23(18,19)20/h2-4,6-7,10,16-17H,1H2,(H2,11,12,13)(H2,18,19,20)/t4-,6-,7+,10+/m0/s1. The minimum Gasteiger partial charge on any atom is -0.387 e. The Morgan fingerprint density at radius 3 is 2.74 bits per heavy atom. The van der Waals surface area contributed by atoms with Crippen molar-refractivity contribution in [3.8, 4) is 0 Å². The summed E-state index contributed by atoms with van der Waals surface area (Å²) in [5.41, 5.74) is 6.34. The van der Waals surface area contributed by atoms with E-state index < -0.39 is 39.0 Å². The largest absolute Gasteiger partial charge is 0.469 e. The van der Waals surface area contributed by atoms with E-state index in [9.17, 15) is 14.8 Å². The van der Waals surface area contributed by atoms with Gasteiger partial charge in [0.25, 0.3) is 0 Å². The summed E-state index contributed by atoms with van der Waals surface area (Å²) >= 11 is 0. The van der Waals surface area contributed by atoms with Gasteiger partial charge in [-0.1, -0.05) is 0 Å². The van der Waals surface area contributed by atoms with Gasteiger partial charge < -0.3 is 30.5 Å². The molecule has 1 fully saturated rings. The number of nitrogens with two attached hydrogens (primary N) is 1. The highest BCUT2D eigenvalue weighted by molar-refractivity contribution is 7.46. The quantitative estimate of drug-likeness (QED) is 0.390. The van der Waals surface area contributed by atoms with Crippen LogP contribution in [0.2, 0.25) is 0 Å². The first-order valence-electron chi connectivity index (χ1n) is 6.42. The maximum Gasteiger partial charge on any atom is 0.469 e. The molecule has 2 aromatic heterocycles. The number of phosphoric ester groups is 1. The minimum atomic E-state index is -4.72. The first kappa shape index (κ1) is 16.2. The second-order valence-electron chi connectivity index (χ2n) is 4.92.